The highest BCUT2D eigenvalue weighted by atomic mass is 32.1. The first-order valence-corrected chi connectivity index (χ1v) is 4.88. The van der Waals surface area contributed by atoms with Crippen LogP contribution in [0.15, 0.2) is 0 Å². The Bertz CT molecular complexity index is 161. The Morgan fingerprint density at radius 2 is 1.92 bits per heavy atom. The third kappa shape index (κ3) is 7.64. The van der Waals surface area contributed by atoms with Crippen molar-refractivity contribution in [3.63, 3.8) is 0 Å². The van der Waals surface area contributed by atoms with Crippen LogP contribution in [0.1, 0.15) is 27.2 Å². The van der Waals surface area contributed by atoms with Gasteiger partial charge >= 0.3 is 5.97 Å². The van der Waals surface area contributed by atoms with Gasteiger partial charge in [-0.1, -0.05) is 20.8 Å². The molecule has 0 aromatic rings. The van der Waals surface area contributed by atoms with Gasteiger partial charge in [-0.05, 0) is 0 Å². The lowest BCUT2D eigenvalue weighted by molar-refractivity contribution is -0.141. The topological polar surface area (TPSA) is 66.4 Å². The van der Waals surface area contributed by atoms with E-state index in [0.717, 1.165) is 0 Å². The van der Waals surface area contributed by atoms with Crippen molar-refractivity contribution in [1.82, 2.24) is 5.32 Å². The van der Waals surface area contributed by atoms with Gasteiger partial charge in [-0.2, -0.15) is 12.6 Å². The van der Waals surface area contributed by atoms with Crippen LogP contribution in [-0.2, 0) is 9.59 Å². The molecule has 0 rings (SSSR count). The van der Waals surface area contributed by atoms with Gasteiger partial charge in [0.2, 0.25) is 5.91 Å². The number of carbonyl (C=O) groups excluding carboxylic acids is 1. The molecule has 0 aliphatic carbocycles. The molecule has 4 nitrogen and oxygen atoms in total. The molecule has 0 heterocycles. The summed E-state index contributed by atoms with van der Waals surface area (Å²) in [7, 11) is 0. The number of amides is 1. The SMILES string of the molecule is CC.CCC(=O)N[C@@H](CS)C(=O)O. The minimum absolute atomic E-state index is 0.112. The zero-order valence-electron chi connectivity index (χ0n) is 8.20. The van der Waals surface area contributed by atoms with Crippen LogP contribution in [0.4, 0.5) is 0 Å². The van der Waals surface area contributed by atoms with Crippen LogP contribution in [0.3, 0.4) is 0 Å². The van der Waals surface area contributed by atoms with Crippen LogP contribution in [0.25, 0.3) is 0 Å². The largest absolute Gasteiger partial charge is 0.480 e. The molecule has 0 saturated heterocycles. The molecule has 0 unspecified atom stereocenters. The second kappa shape index (κ2) is 9.38. The molecule has 1 amide bonds. The quantitative estimate of drug-likeness (QED) is 0.601. The summed E-state index contributed by atoms with van der Waals surface area (Å²) in [6.45, 7) is 5.66. The summed E-state index contributed by atoms with van der Waals surface area (Å²) in [5.74, 6) is -1.21. The number of hydrogen-bond donors (Lipinski definition) is 3. The van der Waals surface area contributed by atoms with E-state index >= 15 is 0 Å². The van der Waals surface area contributed by atoms with Crippen molar-refractivity contribution in [1.29, 1.82) is 0 Å². The summed E-state index contributed by atoms with van der Waals surface area (Å²) in [4.78, 5) is 21.0. The molecule has 2 N–H and O–H groups in total. The number of rotatable bonds is 4. The molecule has 0 saturated carbocycles. The highest BCUT2D eigenvalue weighted by Gasteiger charge is 2.16. The molecule has 1 atom stereocenters. The average molecular weight is 207 g/mol. The van der Waals surface area contributed by atoms with E-state index in [1.165, 1.54) is 0 Å². The normalized spacial score (nSPS) is 10.8. The van der Waals surface area contributed by atoms with Crippen molar-refractivity contribution < 1.29 is 14.7 Å². The van der Waals surface area contributed by atoms with Crippen LogP contribution in [0.2, 0.25) is 0 Å². The van der Waals surface area contributed by atoms with E-state index in [0.29, 0.717) is 0 Å². The Balaban J connectivity index is 0. The highest BCUT2D eigenvalue weighted by molar-refractivity contribution is 7.80. The van der Waals surface area contributed by atoms with Crippen molar-refractivity contribution in [3.8, 4) is 0 Å². The van der Waals surface area contributed by atoms with E-state index in [-0.39, 0.29) is 18.1 Å². The number of carbonyl (C=O) groups is 2. The number of thiol groups is 1. The van der Waals surface area contributed by atoms with Gasteiger partial charge in [0.15, 0.2) is 0 Å². The monoisotopic (exact) mass is 207 g/mol. The molecule has 13 heavy (non-hydrogen) atoms. The van der Waals surface area contributed by atoms with Crippen molar-refractivity contribution in [2.45, 2.75) is 33.2 Å². The smallest absolute Gasteiger partial charge is 0.327 e. The van der Waals surface area contributed by atoms with Crippen LogP contribution in [-0.4, -0.2) is 28.8 Å². The van der Waals surface area contributed by atoms with Gasteiger partial charge in [0, 0.05) is 12.2 Å². The lowest BCUT2D eigenvalue weighted by Crippen LogP contribution is -2.41. The van der Waals surface area contributed by atoms with Crippen molar-refractivity contribution >= 4 is 24.5 Å². The fraction of sp³-hybridized carbons (Fsp3) is 0.750. The first-order valence-electron chi connectivity index (χ1n) is 4.24. The van der Waals surface area contributed by atoms with E-state index in [1.807, 2.05) is 13.8 Å². The van der Waals surface area contributed by atoms with E-state index in [1.54, 1.807) is 6.92 Å². The molecule has 0 aromatic heterocycles. The fourth-order valence-corrected chi connectivity index (χ4v) is 0.729. The van der Waals surface area contributed by atoms with Gasteiger partial charge in [-0.15, -0.1) is 0 Å². The van der Waals surface area contributed by atoms with E-state index in [9.17, 15) is 9.59 Å². The zero-order chi connectivity index (χ0) is 10.9. The molecule has 0 spiro atoms. The number of carboxylic acids is 1. The average Bonchev–Trinajstić information content (AvgIpc) is 2.16. The Morgan fingerprint density at radius 1 is 1.46 bits per heavy atom. The van der Waals surface area contributed by atoms with E-state index < -0.39 is 12.0 Å². The summed E-state index contributed by atoms with van der Waals surface area (Å²) >= 11 is 3.77. The first kappa shape index (κ1) is 14.8. The van der Waals surface area contributed by atoms with Gasteiger partial charge in [-0.3, -0.25) is 4.79 Å². The molecule has 0 fully saturated rings. The second-order valence-electron chi connectivity index (χ2n) is 1.99. The van der Waals surface area contributed by atoms with Gasteiger partial charge in [-0.25, -0.2) is 4.79 Å². The van der Waals surface area contributed by atoms with Crippen LogP contribution < -0.4 is 5.32 Å². The lowest BCUT2D eigenvalue weighted by atomic mass is 10.3. The summed E-state index contributed by atoms with van der Waals surface area (Å²) in [5, 5.41) is 10.8. The predicted octanol–water partition coefficient (Wildman–Crippen LogP) is 0.922. The number of nitrogens with one attached hydrogen (secondary N) is 1. The summed E-state index contributed by atoms with van der Waals surface area (Å²) < 4.78 is 0. The molecule has 0 bridgehead atoms. The van der Waals surface area contributed by atoms with E-state index in [4.69, 9.17) is 5.11 Å². The lowest BCUT2D eigenvalue weighted by Gasteiger charge is -2.09. The van der Waals surface area contributed by atoms with Crippen LogP contribution >= 0.6 is 12.6 Å². The van der Waals surface area contributed by atoms with E-state index in [2.05, 4.69) is 17.9 Å². The minimum Gasteiger partial charge on any atom is -0.480 e. The Morgan fingerprint density at radius 3 is 2.15 bits per heavy atom. The maximum absolute atomic E-state index is 10.7. The fourth-order valence-electron chi connectivity index (χ4n) is 0.482. The molecular weight excluding hydrogens is 190 g/mol. The molecule has 0 radical (unpaired) electrons. The molecular formula is C8H17NO3S. The number of carboxylic acid groups (broad SMARTS) is 1. The van der Waals surface area contributed by atoms with Crippen molar-refractivity contribution in [2.75, 3.05) is 5.75 Å². The molecule has 0 aliphatic rings. The third-order valence-corrected chi connectivity index (χ3v) is 1.50. The zero-order valence-corrected chi connectivity index (χ0v) is 9.10. The van der Waals surface area contributed by atoms with Crippen molar-refractivity contribution in [3.05, 3.63) is 0 Å². The molecule has 0 aromatic carbocycles. The van der Waals surface area contributed by atoms with Crippen LogP contribution in [0, 0.1) is 0 Å². The Labute approximate surface area is 84.1 Å². The summed E-state index contributed by atoms with van der Waals surface area (Å²) in [6, 6.07) is -0.870. The number of aliphatic carboxylic acids is 1. The standard InChI is InChI=1S/C6H11NO3S.C2H6/c1-2-5(8)7-4(3-11)6(9)10;1-2/h4,11H,2-3H2,1H3,(H,7,8)(H,9,10);1-2H3/t4-;/m0./s1. The van der Waals surface area contributed by atoms with Gasteiger partial charge < -0.3 is 10.4 Å². The minimum atomic E-state index is -1.05. The summed E-state index contributed by atoms with van der Waals surface area (Å²) in [5.41, 5.74) is 0. The Kier molecular flexibility index (Phi) is 10.7. The summed E-state index contributed by atoms with van der Waals surface area (Å²) in [6.07, 6.45) is 0.289. The van der Waals surface area contributed by atoms with Crippen molar-refractivity contribution in [2.24, 2.45) is 0 Å². The molecule has 78 valence electrons. The highest BCUT2D eigenvalue weighted by Crippen LogP contribution is 1.89. The van der Waals surface area contributed by atoms with Crippen LogP contribution in [0.5, 0.6) is 0 Å². The van der Waals surface area contributed by atoms with Gasteiger partial charge in [0.05, 0.1) is 0 Å². The first-order chi connectivity index (χ1) is 6.11. The van der Waals surface area contributed by atoms with Gasteiger partial charge in [0.25, 0.3) is 0 Å². The second-order valence-corrected chi connectivity index (χ2v) is 2.36. The number of hydrogen-bond acceptors (Lipinski definition) is 3. The maximum atomic E-state index is 10.7. The predicted molar refractivity (Wildman–Crippen MR) is 55.1 cm³/mol. The Hall–Kier alpha value is -0.710. The maximum Gasteiger partial charge on any atom is 0.327 e. The third-order valence-electron chi connectivity index (χ3n) is 1.14. The molecule has 0 aliphatic heterocycles. The molecule has 5 heteroatoms. The van der Waals surface area contributed by atoms with Gasteiger partial charge in [0.1, 0.15) is 6.04 Å².